The molecular weight excluding hydrogens is 246 g/mol. The topological polar surface area (TPSA) is 54.0 Å². The smallest absolute Gasteiger partial charge is 0.321 e. The van der Waals surface area contributed by atoms with Crippen LogP contribution < -0.4 is 10.6 Å². The monoisotopic (exact) mass is 267 g/mol. The van der Waals surface area contributed by atoms with Crippen LogP contribution in [0.5, 0.6) is 0 Å². The van der Waals surface area contributed by atoms with Crippen molar-refractivity contribution in [1.29, 1.82) is 0 Å². The van der Waals surface area contributed by atoms with Crippen LogP contribution in [0.4, 0.5) is 9.93 Å². The van der Waals surface area contributed by atoms with Gasteiger partial charge in [0.1, 0.15) is 0 Å². The van der Waals surface area contributed by atoms with Crippen molar-refractivity contribution in [3.05, 3.63) is 11.1 Å². The molecule has 2 N–H and O–H groups in total. The quantitative estimate of drug-likeness (QED) is 0.861. The Labute approximate surface area is 112 Å². The van der Waals surface area contributed by atoms with E-state index in [9.17, 15) is 4.79 Å². The summed E-state index contributed by atoms with van der Waals surface area (Å²) in [6.45, 7) is 6.35. The summed E-state index contributed by atoms with van der Waals surface area (Å²) in [5, 5.41) is 8.49. The van der Waals surface area contributed by atoms with Crippen LogP contribution in [0.1, 0.15) is 52.1 Å². The molecule has 18 heavy (non-hydrogen) atoms. The number of anilines is 1. The Balaban J connectivity index is 1.88. The van der Waals surface area contributed by atoms with Gasteiger partial charge in [0.15, 0.2) is 5.13 Å². The second-order valence-electron chi connectivity index (χ2n) is 5.87. The van der Waals surface area contributed by atoms with Crippen molar-refractivity contribution in [3.63, 3.8) is 0 Å². The Morgan fingerprint density at radius 2 is 2.06 bits per heavy atom. The second-order valence-corrected chi connectivity index (χ2v) is 6.73. The van der Waals surface area contributed by atoms with Crippen molar-refractivity contribution in [2.45, 2.75) is 57.9 Å². The molecule has 0 aromatic carbocycles. The number of amides is 2. The van der Waals surface area contributed by atoms with E-state index in [1.165, 1.54) is 24.2 Å². The van der Waals surface area contributed by atoms with Crippen molar-refractivity contribution in [1.82, 2.24) is 10.3 Å². The molecule has 1 saturated carbocycles. The summed E-state index contributed by atoms with van der Waals surface area (Å²) in [5.74, 6) is 0. The Morgan fingerprint density at radius 3 is 2.61 bits per heavy atom. The van der Waals surface area contributed by atoms with Crippen LogP contribution in [0, 0.1) is 0 Å². The predicted molar refractivity (Wildman–Crippen MR) is 75.2 cm³/mol. The maximum absolute atomic E-state index is 11.8. The average Bonchev–Trinajstić information content (AvgIpc) is 2.87. The van der Waals surface area contributed by atoms with E-state index in [0.29, 0.717) is 11.2 Å². The molecule has 1 aliphatic carbocycles. The maximum atomic E-state index is 11.8. The number of nitrogens with zero attached hydrogens (tertiary/aromatic N) is 1. The van der Waals surface area contributed by atoms with Crippen LogP contribution in [0.3, 0.4) is 0 Å². The first-order chi connectivity index (χ1) is 8.45. The highest BCUT2D eigenvalue weighted by molar-refractivity contribution is 7.13. The van der Waals surface area contributed by atoms with Crippen molar-refractivity contribution in [2.24, 2.45) is 0 Å². The summed E-state index contributed by atoms with van der Waals surface area (Å²) in [6.07, 6.45) is 4.63. The van der Waals surface area contributed by atoms with E-state index in [2.05, 4.69) is 36.4 Å². The zero-order valence-corrected chi connectivity index (χ0v) is 12.1. The molecule has 0 spiro atoms. The van der Waals surface area contributed by atoms with E-state index in [-0.39, 0.29) is 11.4 Å². The van der Waals surface area contributed by atoms with E-state index in [4.69, 9.17) is 0 Å². The average molecular weight is 267 g/mol. The fourth-order valence-corrected chi connectivity index (χ4v) is 3.00. The molecule has 1 aromatic rings. The van der Waals surface area contributed by atoms with Crippen LogP contribution in [0.2, 0.25) is 0 Å². The summed E-state index contributed by atoms with van der Waals surface area (Å²) < 4.78 is 0. The van der Waals surface area contributed by atoms with Crippen LogP contribution in [-0.2, 0) is 5.41 Å². The lowest BCUT2D eigenvalue weighted by Gasteiger charge is -2.14. The van der Waals surface area contributed by atoms with Gasteiger partial charge in [0.25, 0.3) is 0 Å². The van der Waals surface area contributed by atoms with Gasteiger partial charge in [0.2, 0.25) is 0 Å². The molecule has 0 atom stereocenters. The van der Waals surface area contributed by atoms with Crippen LogP contribution in [0.25, 0.3) is 0 Å². The molecule has 1 heterocycles. The molecule has 4 nitrogen and oxygen atoms in total. The number of hydrogen-bond donors (Lipinski definition) is 2. The largest absolute Gasteiger partial charge is 0.335 e. The van der Waals surface area contributed by atoms with Gasteiger partial charge in [-0.25, -0.2) is 9.78 Å². The van der Waals surface area contributed by atoms with E-state index >= 15 is 0 Å². The molecule has 2 amide bonds. The molecule has 1 aliphatic rings. The lowest BCUT2D eigenvalue weighted by molar-refractivity contribution is 0.248. The molecule has 0 bridgehead atoms. The van der Waals surface area contributed by atoms with Crippen LogP contribution in [-0.4, -0.2) is 17.1 Å². The number of aromatic nitrogens is 1. The fraction of sp³-hybridized carbons (Fsp3) is 0.692. The zero-order chi connectivity index (χ0) is 13.2. The van der Waals surface area contributed by atoms with Gasteiger partial charge in [-0.1, -0.05) is 33.6 Å². The van der Waals surface area contributed by atoms with Gasteiger partial charge in [0.05, 0.1) is 5.69 Å². The first-order valence-corrected chi connectivity index (χ1v) is 7.36. The summed E-state index contributed by atoms with van der Waals surface area (Å²) >= 11 is 1.48. The van der Waals surface area contributed by atoms with Gasteiger partial charge in [-0.3, -0.25) is 5.32 Å². The fourth-order valence-electron chi connectivity index (χ4n) is 2.06. The Bertz CT molecular complexity index is 416. The number of rotatable bonds is 2. The van der Waals surface area contributed by atoms with E-state index in [0.717, 1.165) is 18.5 Å². The summed E-state index contributed by atoms with van der Waals surface area (Å²) in [4.78, 5) is 16.2. The van der Waals surface area contributed by atoms with Gasteiger partial charge < -0.3 is 5.32 Å². The first kappa shape index (κ1) is 13.3. The van der Waals surface area contributed by atoms with Crippen molar-refractivity contribution in [3.8, 4) is 0 Å². The van der Waals surface area contributed by atoms with Gasteiger partial charge in [0, 0.05) is 16.8 Å². The summed E-state index contributed by atoms with van der Waals surface area (Å²) in [6, 6.07) is 0.212. The molecule has 1 fully saturated rings. The lowest BCUT2D eigenvalue weighted by atomic mass is 9.93. The van der Waals surface area contributed by atoms with E-state index in [1.807, 2.05) is 5.38 Å². The van der Waals surface area contributed by atoms with Gasteiger partial charge in [-0.2, -0.15) is 0 Å². The summed E-state index contributed by atoms with van der Waals surface area (Å²) in [7, 11) is 0. The van der Waals surface area contributed by atoms with E-state index < -0.39 is 0 Å². The number of urea groups is 1. The minimum absolute atomic E-state index is 0.0261. The first-order valence-electron chi connectivity index (χ1n) is 6.49. The highest BCUT2D eigenvalue weighted by Gasteiger charge is 2.20. The van der Waals surface area contributed by atoms with Crippen LogP contribution in [0.15, 0.2) is 5.38 Å². The Morgan fingerprint density at radius 1 is 1.39 bits per heavy atom. The molecule has 0 radical (unpaired) electrons. The number of carbonyl (C=O) groups excluding carboxylic acids is 1. The third-order valence-corrected chi connectivity index (χ3v) is 3.94. The highest BCUT2D eigenvalue weighted by Crippen LogP contribution is 2.26. The van der Waals surface area contributed by atoms with Gasteiger partial charge in [-0.15, -0.1) is 11.3 Å². The number of nitrogens with one attached hydrogen (secondary N) is 2. The summed E-state index contributed by atoms with van der Waals surface area (Å²) in [5.41, 5.74) is 1.04. The number of hydrogen-bond acceptors (Lipinski definition) is 3. The number of thiazole rings is 1. The highest BCUT2D eigenvalue weighted by atomic mass is 32.1. The van der Waals surface area contributed by atoms with E-state index in [1.54, 1.807) is 0 Å². The standard InChI is InChI=1S/C13H21N3OS/c1-13(2,3)10-8-18-12(15-10)16-11(17)14-9-6-4-5-7-9/h8-9H,4-7H2,1-3H3,(H2,14,15,16,17). The lowest BCUT2D eigenvalue weighted by Crippen LogP contribution is -2.36. The minimum atomic E-state index is -0.128. The Kier molecular flexibility index (Phi) is 3.90. The normalized spacial score (nSPS) is 16.8. The van der Waals surface area contributed by atoms with Crippen molar-refractivity contribution < 1.29 is 4.79 Å². The molecule has 1 aromatic heterocycles. The Hall–Kier alpha value is -1.10. The van der Waals surface area contributed by atoms with Crippen molar-refractivity contribution >= 4 is 22.5 Å². The predicted octanol–water partition coefficient (Wildman–Crippen LogP) is 3.50. The molecule has 5 heteroatoms. The SMILES string of the molecule is CC(C)(C)c1csc(NC(=O)NC2CCCC2)n1. The third kappa shape index (κ3) is 3.45. The minimum Gasteiger partial charge on any atom is -0.335 e. The zero-order valence-electron chi connectivity index (χ0n) is 11.2. The number of carbonyl (C=O) groups is 1. The van der Waals surface area contributed by atoms with Crippen molar-refractivity contribution in [2.75, 3.05) is 5.32 Å². The van der Waals surface area contributed by atoms with Crippen LogP contribution >= 0.6 is 11.3 Å². The molecule has 0 unspecified atom stereocenters. The van der Waals surface area contributed by atoms with Gasteiger partial charge in [-0.05, 0) is 12.8 Å². The molecule has 100 valence electrons. The third-order valence-electron chi connectivity index (χ3n) is 3.18. The molecular formula is C13H21N3OS. The molecule has 0 saturated heterocycles. The maximum Gasteiger partial charge on any atom is 0.321 e. The molecule has 2 rings (SSSR count). The van der Waals surface area contributed by atoms with Gasteiger partial charge >= 0.3 is 6.03 Å². The molecule has 0 aliphatic heterocycles. The second kappa shape index (κ2) is 5.26.